The largest absolute Gasteiger partial charge is 0.481 e. The Kier molecular flexibility index (Phi) is 4.62. The Hall–Kier alpha value is -1.59. The second-order valence-electron chi connectivity index (χ2n) is 5.84. The van der Waals surface area contributed by atoms with Gasteiger partial charge in [0.15, 0.2) is 0 Å². The third-order valence-electron chi connectivity index (χ3n) is 4.49. The Morgan fingerprint density at radius 2 is 1.70 bits per heavy atom. The first kappa shape index (κ1) is 14.8. The molecule has 3 N–H and O–H groups in total. The van der Waals surface area contributed by atoms with Crippen molar-refractivity contribution in [2.45, 2.75) is 51.0 Å². The second-order valence-corrected chi connectivity index (χ2v) is 5.84. The molecule has 0 aromatic carbocycles. The molecule has 1 saturated heterocycles. The van der Waals surface area contributed by atoms with Crippen LogP contribution in [0.25, 0.3) is 0 Å². The highest BCUT2D eigenvalue weighted by atomic mass is 16.4. The zero-order valence-corrected chi connectivity index (χ0v) is 11.6. The maximum Gasteiger partial charge on any atom is 0.306 e. The summed E-state index contributed by atoms with van der Waals surface area (Å²) >= 11 is 0. The fraction of sp³-hybridized carbons (Fsp3) is 0.786. The molecule has 1 aliphatic carbocycles. The molecule has 6 nitrogen and oxygen atoms in total. The Balaban J connectivity index is 2.05. The standard InChI is InChI=1S/C14H22N2O4/c15-12(17)11-6-1-2-7-16(11)13(18)9-4-3-5-10(8-9)14(19)20/h9-11H,1-8H2,(H2,15,17)(H,19,20). The van der Waals surface area contributed by atoms with E-state index in [0.717, 1.165) is 19.3 Å². The van der Waals surface area contributed by atoms with E-state index >= 15 is 0 Å². The summed E-state index contributed by atoms with van der Waals surface area (Å²) in [5.74, 6) is -2.07. The van der Waals surface area contributed by atoms with Gasteiger partial charge >= 0.3 is 5.97 Å². The minimum absolute atomic E-state index is 0.0838. The van der Waals surface area contributed by atoms with Crippen molar-refractivity contribution in [2.75, 3.05) is 6.54 Å². The van der Waals surface area contributed by atoms with Crippen molar-refractivity contribution in [3.8, 4) is 0 Å². The number of piperidine rings is 1. The molecule has 0 spiro atoms. The van der Waals surface area contributed by atoms with Crippen molar-refractivity contribution in [3.63, 3.8) is 0 Å². The zero-order chi connectivity index (χ0) is 14.7. The van der Waals surface area contributed by atoms with Crippen LogP contribution in [0.3, 0.4) is 0 Å². The van der Waals surface area contributed by atoms with Crippen LogP contribution in [-0.4, -0.2) is 40.4 Å². The molecule has 20 heavy (non-hydrogen) atoms. The van der Waals surface area contributed by atoms with Crippen LogP contribution in [-0.2, 0) is 14.4 Å². The maximum atomic E-state index is 12.6. The number of primary amides is 1. The summed E-state index contributed by atoms with van der Waals surface area (Å²) in [6, 6.07) is -0.513. The van der Waals surface area contributed by atoms with Gasteiger partial charge < -0.3 is 15.7 Å². The van der Waals surface area contributed by atoms with E-state index in [2.05, 4.69) is 0 Å². The molecule has 6 heteroatoms. The summed E-state index contributed by atoms with van der Waals surface area (Å²) in [5, 5.41) is 9.09. The van der Waals surface area contributed by atoms with Crippen LogP contribution in [0, 0.1) is 11.8 Å². The van der Waals surface area contributed by atoms with Crippen LogP contribution in [0.15, 0.2) is 0 Å². The van der Waals surface area contributed by atoms with Gasteiger partial charge in [-0.3, -0.25) is 14.4 Å². The third kappa shape index (κ3) is 3.11. The number of nitrogens with zero attached hydrogens (tertiary/aromatic N) is 1. The van der Waals surface area contributed by atoms with Crippen LogP contribution >= 0.6 is 0 Å². The van der Waals surface area contributed by atoms with Crippen molar-refractivity contribution in [1.29, 1.82) is 0 Å². The smallest absolute Gasteiger partial charge is 0.306 e. The Morgan fingerprint density at radius 1 is 1.00 bits per heavy atom. The average Bonchev–Trinajstić information content (AvgIpc) is 2.46. The van der Waals surface area contributed by atoms with E-state index in [1.54, 1.807) is 4.90 Å². The van der Waals surface area contributed by atoms with Crippen LogP contribution < -0.4 is 5.73 Å². The minimum atomic E-state index is -0.826. The van der Waals surface area contributed by atoms with E-state index in [9.17, 15) is 14.4 Å². The molecule has 3 atom stereocenters. The molecule has 0 radical (unpaired) electrons. The molecule has 2 aliphatic rings. The second kappa shape index (κ2) is 6.24. The lowest BCUT2D eigenvalue weighted by molar-refractivity contribution is -0.149. The fourth-order valence-corrected chi connectivity index (χ4v) is 3.36. The van der Waals surface area contributed by atoms with Gasteiger partial charge in [0, 0.05) is 12.5 Å². The van der Waals surface area contributed by atoms with Gasteiger partial charge in [-0.25, -0.2) is 0 Å². The van der Waals surface area contributed by atoms with Gasteiger partial charge in [-0.2, -0.15) is 0 Å². The summed E-state index contributed by atoms with van der Waals surface area (Å²) in [5.41, 5.74) is 5.37. The number of likely N-dealkylation sites (tertiary alicyclic amines) is 1. The highest BCUT2D eigenvalue weighted by Crippen LogP contribution is 2.32. The quantitative estimate of drug-likeness (QED) is 0.797. The number of carbonyl (C=O) groups is 3. The molecule has 1 saturated carbocycles. The Labute approximate surface area is 118 Å². The summed E-state index contributed by atoms with van der Waals surface area (Å²) in [6.45, 7) is 0.556. The lowest BCUT2D eigenvalue weighted by Gasteiger charge is -2.37. The molecule has 112 valence electrons. The first-order chi connectivity index (χ1) is 9.50. The molecule has 2 amide bonds. The highest BCUT2D eigenvalue weighted by Gasteiger charge is 2.37. The lowest BCUT2D eigenvalue weighted by Crippen LogP contribution is -2.52. The number of aliphatic carboxylic acids is 1. The average molecular weight is 282 g/mol. The van der Waals surface area contributed by atoms with Crippen LogP contribution in [0.5, 0.6) is 0 Å². The SMILES string of the molecule is NC(=O)C1CCCCN1C(=O)C1CCCC(C(=O)O)C1. The van der Waals surface area contributed by atoms with Gasteiger partial charge in [-0.15, -0.1) is 0 Å². The number of carbonyl (C=O) groups excluding carboxylic acids is 2. The monoisotopic (exact) mass is 282 g/mol. The number of carboxylic acids is 1. The molecule has 2 rings (SSSR count). The Bertz CT molecular complexity index is 410. The van der Waals surface area contributed by atoms with E-state index in [4.69, 9.17) is 10.8 Å². The summed E-state index contributed by atoms with van der Waals surface area (Å²) in [4.78, 5) is 36.7. The van der Waals surface area contributed by atoms with Gasteiger partial charge in [0.05, 0.1) is 5.92 Å². The predicted octanol–water partition coefficient (Wildman–Crippen LogP) is 0.744. The summed E-state index contributed by atoms with van der Waals surface area (Å²) in [7, 11) is 0. The summed E-state index contributed by atoms with van der Waals surface area (Å²) in [6.07, 6.45) is 4.89. The van der Waals surface area contributed by atoms with Crippen LogP contribution in [0.2, 0.25) is 0 Å². The van der Waals surface area contributed by atoms with Gasteiger partial charge in [0.25, 0.3) is 0 Å². The van der Waals surface area contributed by atoms with Crippen molar-refractivity contribution >= 4 is 17.8 Å². The number of hydrogen-bond acceptors (Lipinski definition) is 3. The Morgan fingerprint density at radius 3 is 2.35 bits per heavy atom. The van der Waals surface area contributed by atoms with Gasteiger partial charge in [-0.1, -0.05) is 6.42 Å². The molecule has 3 unspecified atom stereocenters. The maximum absolute atomic E-state index is 12.6. The topological polar surface area (TPSA) is 101 Å². The highest BCUT2D eigenvalue weighted by molar-refractivity contribution is 5.88. The van der Waals surface area contributed by atoms with E-state index in [0.29, 0.717) is 32.2 Å². The van der Waals surface area contributed by atoms with Gasteiger partial charge in [0.2, 0.25) is 11.8 Å². The number of carboxylic acid groups (broad SMARTS) is 1. The number of hydrogen-bond donors (Lipinski definition) is 2. The van der Waals surface area contributed by atoms with E-state index in [1.165, 1.54) is 0 Å². The predicted molar refractivity (Wildman–Crippen MR) is 71.6 cm³/mol. The number of nitrogens with two attached hydrogens (primary N) is 1. The van der Waals surface area contributed by atoms with Gasteiger partial charge in [0.1, 0.15) is 6.04 Å². The van der Waals surface area contributed by atoms with Crippen molar-refractivity contribution in [2.24, 2.45) is 17.6 Å². The molecule has 0 aromatic rings. The zero-order valence-electron chi connectivity index (χ0n) is 11.6. The van der Waals surface area contributed by atoms with Crippen LogP contribution in [0.1, 0.15) is 44.9 Å². The van der Waals surface area contributed by atoms with E-state index in [1.807, 2.05) is 0 Å². The van der Waals surface area contributed by atoms with Crippen molar-refractivity contribution in [1.82, 2.24) is 4.90 Å². The fourth-order valence-electron chi connectivity index (χ4n) is 3.36. The summed E-state index contributed by atoms with van der Waals surface area (Å²) < 4.78 is 0. The van der Waals surface area contributed by atoms with Crippen molar-refractivity contribution in [3.05, 3.63) is 0 Å². The van der Waals surface area contributed by atoms with E-state index in [-0.39, 0.29) is 11.8 Å². The van der Waals surface area contributed by atoms with Gasteiger partial charge in [-0.05, 0) is 38.5 Å². The number of amides is 2. The molecule has 1 aliphatic heterocycles. The molecule has 2 fully saturated rings. The first-order valence-corrected chi connectivity index (χ1v) is 7.33. The third-order valence-corrected chi connectivity index (χ3v) is 4.49. The molecular weight excluding hydrogens is 260 g/mol. The molecule has 0 aromatic heterocycles. The van der Waals surface area contributed by atoms with E-state index < -0.39 is 23.8 Å². The molecule has 1 heterocycles. The first-order valence-electron chi connectivity index (χ1n) is 7.33. The van der Waals surface area contributed by atoms with Crippen LogP contribution in [0.4, 0.5) is 0 Å². The van der Waals surface area contributed by atoms with Crippen molar-refractivity contribution < 1.29 is 19.5 Å². The lowest BCUT2D eigenvalue weighted by atomic mass is 9.80. The molecular formula is C14H22N2O4. The minimum Gasteiger partial charge on any atom is -0.481 e. The number of rotatable bonds is 3. The normalized spacial score (nSPS) is 30.8. The molecule has 0 bridgehead atoms.